The molecule has 5 nitrogen and oxygen atoms in total. The van der Waals surface area contributed by atoms with Crippen LogP contribution in [0.15, 0.2) is 24.3 Å². The number of para-hydroxylation sites is 2. The predicted octanol–water partition coefficient (Wildman–Crippen LogP) is 2.84. The summed E-state index contributed by atoms with van der Waals surface area (Å²) in [6.45, 7) is 5.65. The highest BCUT2D eigenvalue weighted by molar-refractivity contribution is 5.98. The molecular weight excluding hydrogens is 304 g/mol. The van der Waals surface area contributed by atoms with Crippen molar-refractivity contribution >= 4 is 17.5 Å². The molecule has 0 unspecified atom stereocenters. The molecule has 3 rings (SSSR count). The minimum Gasteiger partial charge on any atom is -0.482 e. The van der Waals surface area contributed by atoms with E-state index in [1.54, 1.807) is 4.90 Å². The van der Waals surface area contributed by atoms with Gasteiger partial charge >= 0.3 is 0 Å². The Balaban J connectivity index is 1.62. The molecule has 5 heteroatoms. The fourth-order valence-corrected chi connectivity index (χ4v) is 3.04. The third kappa shape index (κ3) is 3.89. The smallest absolute Gasteiger partial charge is 0.265 e. The third-order valence-corrected chi connectivity index (χ3v) is 4.61. The maximum atomic E-state index is 12.7. The normalized spacial score (nSPS) is 16.8. The van der Waals surface area contributed by atoms with E-state index in [4.69, 9.17) is 4.74 Å². The van der Waals surface area contributed by atoms with E-state index in [1.807, 2.05) is 29.2 Å². The van der Waals surface area contributed by atoms with E-state index < -0.39 is 0 Å². The molecule has 2 aliphatic rings. The second-order valence-electron chi connectivity index (χ2n) is 7.05. The number of benzene rings is 1. The molecule has 130 valence electrons. The zero-order chi connectivity index (χ0) is 17.1. The van der Waals surface area contributed by atoms with Crippen molar-refractivity contribution in [3.8, 4) is 5.75 Å². The molecule has 0 saturated heterocycles. The summed E-state index contributed by atoms with van der Waals surface area (Å²) < 4.78 is 5.45. The van der Waals surface area contributed by atoms with Crippen LogP contribution in [0.5, 0.6) is 5.75 Å². The fraction of sp³-hybridized carbons (Fsp3) is 0.579. The minimum atomic E-state index is -0.0818. The lowest BCUT2D eigenvalue weighted by molar-refractivity contribution is -0.131. The van der Waals surface area contributed by atoms with Gasteiger partial charge in [0.1, 0.15) is 5.75 Å². The van der Waals surface area contributed by atoms with Gasteiger partial charge in [-0.1, -0.05) is 26.0 Å². The highest BCUT2D eigenvalue weighted by Crippen LogP contribution is 2.32. The molecule has 0 radical (unpaired) electrons. The molecule has 1 heterocycles. The molecule has 1 aromatic rings. The second-order valence-corrected chi connectivity index (χ2v) is 7.05. The van der Waals surface area contributed by atoms with Crippen LogP contribution < -0.4 is 9.64 Å². The van der Waals surface area contributed by atoms with E-state index in [1.165, 1.54) is 0 Å². The average molecular weight is 330 g/mol. The molecule has 1 aromatic carbocycles. The molecular formula is C19H26N2O3. The molecule has 0 spiro atoms. The quantitative estimate of drug-likeness (QED) is 0.772. The lowest BCUT2D eigenvalue weighted by Gasteiger charge is -2.30. The number of carbonyl (C=O) groups is 2. The summed E-state index contributed by atoms with van der Waals surface area (Å²) in [6.07, 6.45) is 3.63. The Morgan fingerprint density at radius 2 is 2.08 bits per heavy atom. The van der Waals surface area contributed by atoms with Crippen molar-refractivity contribution < 1.29 is 14.3 Å². The van der Waals surface area contributed by atoms with Crippen molar-refractivity contribution in [2.45, 2.75) is 45.6 Å². The van der Waals surface area contributed by atoms with E-state index in [0.29, 0.717) is 30.7 Å². The standard InChI is InChI=1S/C19H26N2O3/c1-14(2)9-11-20(15-7-8-15)18(22)10-12-21-16-5-3-4-6-17(16)24-13-19(21)23/h3-6,14-15H,7-13H2,1-2H3. The van der Waals surface area contributed by atoms with Crippen LogP contribution in [0.25, 0.3) is 0 Å². The van der Waals surface area contributed by atoms with Crippen molar-refractivity contribution in [1.29, 1.82) is 0 Å². The van der Waals surface area contributed by atoms with Crippen LogP contribution in [-0.4, -0.2) is 42.5 Å². The number of carbonyl (C=O) groups excluding carboxylic acids is 2. The number of hydrogen-bond donors (Lipinski definition) is 0. The van der Waals surface area contributed by atoms with Crippen LogP contribution in [0.1, 0.15) is 39.5 Å². The van der Waals surface area contributed by atoms with Crippen LogP contribution in [-0.2, 0) is 9.59 Å². The summed E-state index contributed by atoms with van der Waals surface area (Å²) >= 11 is 0. The number of nitrogens with zero attached hydrogens (tertiary/aromatic N) is 2. The molecule has 1 aliphatic heterocycles. The van der Waals surface area contributed by atoms with Gasteiger partial charge in [-0.05, 0) is 37.3 Å². The first-order valence-electron chi connectivity index (χ1n) is 8.88. The number of anilines is 1. The van der Waals surface area contributed by atoms with Gasteiger partial charge in [0, 0.05) is 25.6 Å². The van der Waals surface area contributed by atoms with E-state index in [9.17, 15) is 9.59 Å². The molecule has 0 N–H and O–H groups in total. The lowest BCUT2D eigenvalue weighted by atomic mass is 10.1. The van der Waals surface area contributed by atoms with Crippen LogP contribution in [0.3, 0.4) is 0 Å². The first-order valence-corrected chi connectivity index (χ1v) is 8.88. The molecule has 0 atom stereocenters. The Bertz CT molecular complexity index is 610. The largest absolute Gasteiger partial charge is 0.482 e. The Morgan fingerprint density at radius 3 is 2.79 bits per heavy atom. The van der Waals surface area contributed by atoms with Crippen LogP contribution >= 0.6 is 0 Å². The van der Waals surface area contributed by atoms with Crippen LogP contribution in [0, 0.1) is 5.92 Å². The maximum absolute atomic E-state index is 12.7. The first kappa shape index (κ1) is 16.8. The van der Waals surface area contributed by atoms with Gasteiger partial charge in [0.15, 0.2) is 6.61 Å². The Kier molecular flexibility index (Phi) is 5.07. The summed E-state index contributed by atoms with van der Waals surface area (Å²) in [5.41, 5.74) is 0.765. The third-order valence-electron chi connectivity index (χ3n) is 4.61. The topological polar surface area (TPSA) is 49.9 Å². The van der Waals surface area contributed by atoms with Crippen molar-refractivity contribution in [3.05, 3.63) is 24.3 Å². The lowest BCUT2D eigenvalue weighted by Crippen LogP contribution is -2.42. The molecule has 24 heavy (non-hydrogen) atoms. The number of fused-ring (bicyclic) bond motifs is 1. The van der Waals surface area contributed by atoms with Crippen molar-refractivity contribution in [2.75, 3.05) is 24.6 Å². The zero-order valence-electron chi connectivity index (χ0n) is 14.5. The second kappa shape index (κ2) is 7.24. The minimum absolute atomic E-state index is 0.0465. The monoisotopic (exact) mass is 330 g/mol. The fourth-order valence-electron chi connectivity index (χ4n) is 3.04. The van der Waals surface area contributed by atoms with Gasteiger partial charge in [0.25, 0.3) is 5.91 Å². The van der Waals surface area contributed by atoms with Crippen LogP contribution in [0.4, 0.5) is 5.69 Å². The Hall–Kier alpha value is -2.04. The predicted molar refractivity (Wildman–Crippen MR) is 93.1 cm³/mol. The molecule has 1 saturated carbocycles. The number of hydrogen-bond acceptors (Lipinski definition) is 3. The average Bonchev–Trinajstić information content (AvgIpc) is 3.38. The van der Waals surface area contributed by atoms with Gasteiger partial charge in [-0.15, -0.1) is 0 Å². The SMILES string of the molecule is CC(C)CCN(C(=O)CCN1C(=O)COc2ccccc21)C1CC1. The van der Waals surface area contributed by atoms with Crippen molar-refractivity contribution in [1.82, 2.24) is 4.90 Å². The van der Waals surface area contributed by atoms with E-state index in [-0.39, 0.29) is 18.4 Å². The molecule has 1 fully saturated rings. The number of amides is 2. The molecule has 0 bridgehead atoms. The summed E-state index contributed by atoms with van der Waals surface area (Å²) in [7, 11) is 0. The number of rotatable bonds is 7. The number of ether oxygens (including phenoxy) is 1. The van der Waals surface area contributed by atoms with Gasteiger partial charge in [0.05, 0.1) is 5.69 Å². The zero-order valence-corrected chi connectivity index (χ0v) is 14.5. The highest BCUT2D eigenvalue weighted by atomic mass is 16.5. The van der Waals surface area contributed by atoms with Crippen molar-refractivity contribution in [3.63, 3.8) is 0 Å². The van der Waals surface area contributed by atoms with E-state index >= 15 is 0 Å². The van der Waals surface area contributed by atoms with E-state index in [0.717, 1.165) is 31.5 Å². The van der Waals surface area contributed by atoms with E-state index in [2.05, 4.69) is 13.8 Å². The van der Waals surface area contributed by atoms with Gasteiger partial charge in [-0.2, -0.15) is 0 Å². The summed E-state index contributed by atoms with van der Waals surface area (Å²) in [4.78, 5) is 28.5. The highest BCUT2D eigenvalue weighted by Gasteiger charge is 2.33. The molecule has 0 aromatic heterocycles. The van der Waals surface area contributed by atoms with Gasteiger partial charge < -0.3 is 14.5 Å². The molecule has 2 amide bonds. The summed E-state index contributed by atoms with van der Waals surface area (Å²) in [5.74, 6) is 1.38. The Morgan fingerprint density at radius 1 is 1.33 bits per heavy atom. The van der Waals surface area contributed by atoms with Gasteiger partial charge in [-0.25, -0.2) is 0 Å². The summed E-state index contributed by atoms with van der Waals surface area (Å²) in [6, 6.07) is 7.92. The first-order chi connectivity index (χ1) is 11.6. The molecule has 1 aliphatic carbocycles. The van der Waals surface area contributed by atoms with Crippen molar-refractivity contribution in [2.24, 2.45) is 5.92 Å². The summed E-state index contributed by atoms with van der Waals surface area (Å²) in [5, 5.41) is 0. The van der Waals surface area contributed by atoms with Gasteiger partial charge in [0.2, 0.25) is 5.91 Å². The van der Waals surface area contributed by atoms with Crippen LogP contribution in [0.2, 0.25) is 0 Å². The van der Waals surface area contributed by atoms with Gasteiger partial charge in [-0.3, -0.25) is 9.59 Å². The maximum Gasteiger partial charge on any atom is 0.265 e. The Labute approximate surface area is 143 Å².